The average molecular weight is 719 g/mol. The van der Waals surface area contributed by atoms with Crippen molar-refractivity contribution in [2.45, 2.75) is 138 Å². The molecule has 0 saturated heterocycles. The predicted octanol–water partition coefficient (Wildman–Crippen LogP) is 10.4. The maximum atomic E-state index is 2.68. The van der Waals surface area contributed by atoms with E-state index in [1.807, 2.05) is 23.5 Å². The molecule has 5 aromatic carbocycles. The van der Waals surface area contributed by atoms with Crippen molar-refractivity contribution in [3.8, 4) is 0 Å². The minimum Gasteiger partial charge on any atom is -0.0911 e. The van der Waals surface area contributed by atoms with Gasteiger partial charge < -0.3 is 0 Å². The molecule has 2 aliphatic rings. The van der Waals surface area contributed by atoms with Gasteiger partial charge in [-0.3, -0.25) is 0 Å². The van der Waals surface area contributed by atoms with E-state index in [0.717, 1.165) is 0 Å². The topological polar surface area (TPSA) is 0 Å². The zero-order valence-corrected chi connectivity index (χ0v) is 35.2. The van der Waals surface area contributed by atoms with Gasteiger partial charge >= 0.3 is 0 Å². The summed E-state index contributed by atoms with van der Waals surface area (Å²) in [6, 6.07) is 34.0. The van der Waals surface area contributed by atoms with E-state index < -0.39 is 0 Å². The predicted molar refractivity (Wildman–Crippen MR) is 234 cm³/mol. The van der Waals surface area contributed by atoms with Gasteiger partial charge in [0.2, 0.25) is 13.4 Å². The zero-order valence-electron chi connectivity index (χ0n) is 33.5. The van der Waals surface area contributed by atoms with Crippen LogP contribution in [0.15, 0.2) is 105 Å². The Hall–Kier alpha value is -3.07. The van der Waals surface area contributed by atoms with Gasteiger partial charge in [-0.05, 0) is 87.1 Å². The van der Waals surface area contributed by atoms with E-state index in [-0.39, 0.29) is 13.4 Å². The van der Waals surface area contributed by atoms with Gasteiger partial charge in [0.25, 0.3) is 0 Å². The van der Waals surface area contributed by atoms with Crippen molar-refractivity contribution in [1.29, 1.82) is 0 Å². The van der Waals surface area contributed by atoms with Crippen LogP contribution in [0.2, 0.25) is 0 Å². The summed E-state index contributed by atoms with van der Waals surface area (Å²) in [6.07, 6.45) is 0. The van der Waals surface area contributed by atoms with Gasteiger partial charge in [0.15, 0.2) is 0 Å². The van der Waals surface area contributed by atoms with Gasteiger partial charge in [-0.15, -0.1) is 0 Å². The Balaban J connectivity index is 1.57. The maximum absolute atomic E-state index is 2.68. The fourth-order valence-electron chi connectivity index (χ4n) is 8.73. The largest absolute Gasteiger partial charge is 0.244 e. The van der Waals surface area contributed by atoms with Crippen molar-refractivity contribution in [2.24, 2.45) is 0 Å². The highest BCUT2D eigenvalue weighted by Crippen LogP contribution is 2.38. The van der Waals surface area contributed by atoms with Crippen LogP contribution in [0.1, 0.15) is 152 Å². The number of benzene rings is 5. The van der Waals surface area contributed by atoms with Crippen LogP contribution in [0.3, 0.4) is 0 Å². The van der Waals surface area contributed by atoms with E-state index in [9.17, 15) is 0 Å². The van der Waals surface area contributed by atoms with Crippen LogP contribution in [0.25, 0.3) is 0 Å². The number of hydrogen-bond donors (Lipinski definition) is 0. The van der Waals surface area contributed by atoms with Gasteiger partial charge in [-0.25, -0.2) is 0 Å². The third kappa shape index (κ3) is 6.55. The van der Waals surface area contributed by atoms with Gasteiger partial charge in [-0.2, -0.15) is 0 Å². The quantitative estimate of drug-likeness (QED) is 0.144. The minimum atomic E-state index is 0.175. The molecular weight excluding hydrogens is 662 g/mol. The Labute approximate surface area is 324 Å². The second kappa shape index (κ2) is 14.6. The summed E-state index contributed by atoms with van der Waals surface area (Å²) < 4.78 is 0. The van der Waals surface area contributed by atoms with Crippen LogP contribution in [0.5, 0.6) is 0 Å². The Kier molecular flexibility index (Phi) is 10.5. The second-order valence-electron chi connectivity index (χ2n) is 17.2. The van der Waals surface area contributed by atoms with Crippen LogP contribution in [-0.4, -0.2) is 13.4 Å². The summed E-state index contributed by atoms with van der Waals surface area (Å²) in [4.78, 5) is 5.61. The number of rotatable bonds is 8. The average Bonchev–Trinajstić information content (AvgIpc) is 3.10. The van der Waals surface area contributed by atoms with E-state index in [0.29, 0.717) is 35.5 Å². The lowest BCUT2D eigenvalue weighted by atomic mass is 9.31. The van der Waals surface area contributed by atoms with E-state index >= 15 is 0 Å². The minimum absolute atomic E-state index is 0.175. The van der Waals surface area contributed by atoms with Gasteiger partial charge in [0.1, 0.15) is 0 Å². The molecule has 52 heavy (non-hydrogen) atoms. The SMILES string of the molecule is CC(C)c1cc(C(C)C)c(B2c3ccccc3Sc3cc4c(cc32)B(c2c(C(C)C)cc(C(C)C)cc2C(C)C)c2ccccc2S4)c(C(C)C)c1. The zero-order chi connectivity index (χ0) is 37.2. The molecule has 0 saturated carbocycles. The molecule has 0 radical (unpaired) electrons. The molecule has 0 aliphatic carbocycles. The van der Waals surface area contributed by atoms with Crippen LogP contribution in [0.4, 0.5) is 0 Å². The Bertz CT molecular complexity index is 1930. The third-order valence-corrected chi connectivity index (χ3v) is 13.9. The van der Waals surface area contributed by atoms with E-state index in [2.05, 4.69) is 168 Å². The second-order valence-corrected chi connectivity index (χ2v) is 19.4. The normalized spacial score (nSPS) is 13.8. The fraction of sp³-hybridized carbons (Fsp3) is 0.375. The molecular formula is C48H56B2S2. The first-order valence-electron chi connectivity index (χ1n) is 19.8. The van der Waals surface area contributed by atoms with Crippen molar-refractivity contribution in [2.75, 3.05) is 0 Å². The van der Waals surface area contributed by atoms with E-state index in [1.54, 1.807) is 0 Å². The number of fused-ring (bicyclic) bond motifs is 4. The van der Waals surface area contributed by atoms with Crippen LogP contribution >= 0.6 is 23.5 Å². The molecule has 0 aromatic heterocycles. The number of hydrogen-bond acceptors (Lipinski definition) is 2. The monoisotopic (exact) mass is 718 g/mol. The smallest absolute Gasteiger partial charge is 0.0911 e. The van der Waals surface area contributed by atoms with Crippen molar-refractivity contribution in [3.63, 3.8) is 0 Å². The highest BCUT2D eigenvalue weighted by atomic mass is 32.2. The lowest BCUT2D eigenvalue weighted by molar-refractivity contribution is 0.812. The summed E-state index contributed by atoms with van der Waals surface area (Å²) in [6.45, 7) is 28.9. The van der Waals surface area contributed by atoms with Gasteiger partial charge in [0, 0.05) is 19.6 Å². The maximum Gasteiger partial charge on any atom is 0.244 e. The summed E-state index contributed by atoms with van der Waals surface area (Å²) >= 11 is 3.95. The van der Waals surface area contributed by atoms with Crippen molar-refractivity contribution >= 4 is 69.7 Å². The first kappa shape index (κ1) is 37.3. The molecule has 0 fully saturated rings. The summed E-state index contributed by atoms with van der Waals surface area (Å²) in [7, 11) is 0. The molecule has 7 rings (SSSR count). The fourth-order valence-corrected chi connectivity index (χ4v) is 11.1. The Morgan fingerprint density at radius 3 is 0.981 bits per heavy atom. The Morgan fingerprint density at radius 1 is 0.346 bits per heavy atom. The lowest BCUT2D eigenvalue weighted by Gasteiger charge is -2.35. The molecule has 0 atom stereocenters. The van der Waals surface area contributed by atoms with Crippen LogP contribution in [0, 0.1) is 0 Å². The molecule has 0 bridgehead atoms. The molecule has 2 aliphatic heterocycles. The van der Waals surface area contributed by atoms with Crippen LogP contribution < -0.4 is 32.8 Å². The van der Waals surface area contributed by atoms with E-state index in [4.69, 9.17) is 0 Å². The molecule has 4 heteroatoms. The van der Waals surface area contributed by atoms with Gasteiger partial charge in [-0.1, -0.05) is 206 Å². The lowest BCUT2D eigenvalue weighted by Crippen LogP contribution is -2.62. The highest BCUT2D eigenvalue weighted by Gasteiger charge is 2.40. The van der Waals surface area contributed by atoms with Crippen LogP contribution in [-0.2, 0) is 0 Å². The molecule has 0 unspecified atom stereocenters. The summed E-state index contributed by atoms with van der Waals surface area (Å²) in [5.74, 6) is 2.67. The van der Waals surface area contributed by atoms with Gasteiger partial charge in [0.05, 0.1) is 0 Å². The van der Waals surface area contributed by atoms with Crippen molar-refractivity contribution < 1.29 is 0 Å². The standard InChI is InChI=1S/C48H56B2S2/c1-27(2)33-21-35(29(5)6)47(36(22-33)30(7)8)49-39-17-13-15-19-43(39)51-45-26-46-42(25-41(45)49)50(40-18-14-16-20-44(40)52-46)48-37(31(9)10)23-34(28(3)4)24-38(48)32(11)12/h13-32H,1-12H3. The molecule has 0 spiro atoms. The molecule has 266 valence electrons. The highest BCUT2D eigenvalue weighted by molar-refractivity contribution is 8.01. The summed E-state index contributed by atoms with van der Waals surface area (Å²) in [5, 5.41) is 0. The van der Waals surface area contributed by atoms with E-state index in [1.165, 1.54) is 85.7 Å². The van der Waals surface area contributed by atoms with Crippen molar-refractivity contribution in [3.05, 3.63) is 118 Å². The first-order valence-corrected chi connectivity index (χ1v) is 21.5. The molecule has 2 heterocycles. The molecule has 0 amide bonds. The molecule has 0 N–H and O–H groups in total. The molecule has 5 aromatic rings. The summed E-state index contributed by atoms with van der Waals surface area (Å²) in [5.41, 5.74) is 17.9. The first-order chi connectivity index (χ1) is 24.8. The molecule has 0 nitrogen and oxygen atoms in total. The third-order valence-electron chi connectivity index (χ3n) is 11.6. The Morgan fingerprint density at radius 2 is 0.673 bits per heavy atom. The van der Waals surface area contributed by atoms with Crippen molar-refractivity contribution in [1.82, 2.24) is 0 Å².